The van der Waals surface area contributed by atoms with Gasteiger partial charge in [0.1, 0.15) is 11.6 Å². The van der Waals surface area contributed by atoms with Crippen molar-refractivity contribution in [2.45, 2.75) is 17.9 Å². The molecule has 202 valence electrons. The standard InChI is InChI=1S/C26H21F4N5O3S/c1-38-21-13-7-6-12-20(21)35-22(14-31-24(37)16-8-2-4-10-18(16)27)33-34-25(35)39-15-23(36)32-19-11-5-3-9-17(19)26(28,29)30/h2-13H,14-15H2,1H3,(H,31,37)(H,32,36). The van der Waals surface area contributed by atoms with Crippen molar-refractivity contribution in [3.63, 3.8) is 0 Å². The van der Waals surface area contributed by atoms with Gasteiger partial charge in [-0.05, 0) is 36.4 Å². The Balaban J connectivity index is 1.56. The van der Waals surface area contributed by atoms with Crippen molar-refractivity contribution in [1.29, 1.82) is 0 Å². The number of alkyl halides is 3. The summed E-state index contributed by atoms with van der Waals surface area (Å²) in [5, 5.41) is 13.3. The maximum atomic E-state index is 14.0. The molecule has 8 nitrogen and oxygen atoms in total. The van der Waals surface area contributed by atoms with Crippen molar-refractivity contribution < 1.29 is 31.9 Å². The lowest BCUT2D eigenvalue weighted by molar-refractivity contribution is -0.137. The maximum absolute atomic E-state index is 14.0. The zero-order chi connectivity index (χ0) is 28.0. The lowest BCUT2D eigenvalue weighted by atomic mass is 10.1. The molecule has 4 aromatic rings. The van der Waals surface area contributed by atoms with E-state index in [2.05, 4.69) is 20.8 Å². The largest absolute Gasteiger partial charge is 0.495 e. The van der Waals surface area contributed by atoms with Crippen LogP contribution in [0.3, 0.4) is 0 Å². The molecular formula is C26H21F4N5O3S. The van der Waals surface area contributed by atoms with Gasteiger partial charge in [0.25, 0.3) is 5.91 Å². The predicted octanol–water partition coefficient (Wildman–Crippen LogP) is 5.09. The van der Waals surface area contributed by atoms with Crippen LogP contribution in [-0.4, -0.2) is 39.4 Å². The fraction of sp³-hybridized carbons (Fsp3) is 0.154. The monoisotopic (exact) mass is 559 g/mol. The van der Waals surface area contributed by atoms with Gasteiger partial charge in [-0.1, -0.05) is 48.2 Å². The molecule has 0 aliphatic carbocycles. The lowest BCUT2D eigenvalue weighted by Crippen LogP contribution is -2.25. The first-order chi connectivity index (χ1) is 18.7. The predicted molar refractivity (Wildman–Crippen MR) is 136 cm³/mol. The van der Waals surface area contributed by atoms with Crippen molar-refractivity contribution in [2.75, 3.05) is 18.2 Å². The molecule has 0 saturated carbocycles. The van der Waals surface area contributed by atoms with E-state index in [0.717, 1.165) is 17.8 Å². The third-order valence-electron chi connectivity index (χ3n) is 5.39. The Kier molecular flexibility index (Phi) is 8.49. The Bertz CT molecular complexity index is 1490. The van der Waals surface area contributed by atoms with Gasteiger partial charge >= 0.3 is 6.18 Å². The molecular weight excluding hydrogens is 538 g/mol. The zero-order valence-electron chi connectivity index (χ0n) is 20.3. The molecule has 0 unspecified atom stereocenters. The molecule has 4 rings (SSSR count). The highest BCUT2D eigenvalue weighted by Gasteiger charge is 2.33. The number of nitrogens with zero attached hydrogens (tertiary/aromatic N) is 3. The molecule has 0 aliphatic rings. The van der Waals surface area contributed by atoms with Crippen LogP contribution >= 0.6 is 11.8 Å². The van der Waals surface area contributed by atoms with Crippen molar-refractivity contribution in [1.82, 2.24) is 20.1 Å². The van der Waals surface area contributed by atoms with Crippen LogP contribution in [0.5, 0.6) is 5.75 Å². The zero-order valence-corrected chi connectivity index (χ0v) is 21.1. The van der Waals surface area contributed by atoms with Crippen molar-refractivity contribution in [3.05, 3.63) is 95.6 Å². The Labute approximate surface area is 224 Å². The number of para-hydroxylation sites is 3. The van der Waals surface area contributed by atoms with Gasteiger partial charge in [0.2, 0.25) is 5.91 Å². The fourth-order valence-electron chi connectivity index (χ4n) is 3.62. The molecule has 2 N–H and O–H groups in total. The van der Waals surface area contributed by atoms with E-state index in [4.69, 9.17) is 4.74 Å². The molecule has 0 radical (unpaired) electrons. The number of thioether (sulfide) groups is 1. The molecule has 0 atom stereocenters. The number of amides is 2. The first-order valence-corrected chi connectivity index (χ1v) is 12.4. The Morgan fingerprint density at radius 2 is 1.67 bits per heavy atom. The molecule has 1 heterocycles. The number of halogens is 4. The van der Waals surface area contributed by atoms with Crippen LogP contribution in [-0.2, 0) is 17.5 Å². The molecule has 13 heteroatoms. The van der Waals surface area contributed by atoms with Crippen molar-refractivity contribution in [2.24, 2.45) is 0 Å². The molecule has 0 fully saturated rings. The summed E-state index contributed by atoms with van der Waals surface area (Å²) in [7, 11) is 1.46. The molecule has 0 spiro atoms. The van der Waals surface area contributed by atoms with E-state index in [-0.39, 0.29) is 34.5 Å². The highest BCUT2D eigenvalue weighted by molar-refractivity contribution is 7.99. The van der Waals surface area contributed by atoms with Crippen LogP contribution in [0.4, 0.5) is 23.2 Å². The van der Waals surface area contributed by atoms with E-state index in [0.29, 0.717) is 11.4 Å². The molecule has 3 aromatic carbocycles. The van der Waals surface area contributed by atoms with E-state index in [1.807, 2.05) is 0 Å². The SMILES string of the molecule is COc1ccccc1-n1c(CNC(=O)c2ccccc2F)nnc1SCC(=O)Nc1ccccc1C(F)(F)F. The van der Waals surface area contributed by atoms with Crippen LogP contribution in [0.1, 0.15) is 21.7 Å². The second-order valence-electron chi connectivity index (χ2n) is 7.95. The van der Waals surface area contributed by atoms with Gasteiger partial charge in [-0.15, -0.1) is 10.2 Å². The number of anilines is 1. The Hall–Kier alpha value is -4.39. The van der Waals surface area contributed by atoms with E-state index in [1.165, 1.54) is 49.6 Å². The van der Waals surface area contributed by atoms with Crippen LogP contribution in [0.2, 0.25) is 0 Å². The Morgan fingerprint density at radius 1 is 0.974 bits per heavy atom. The van der Waals surface area contributed by atoms with Gasteiger partial charge in [0.15, 0.2) is 11.0 Å². The van der Waals surface area contributed by atoms with Crippen LogP contribution in [0.15, 0.2) is 78.0 Å². The van der Waals surface area contributed by atoms with Crippen LogP contribution in [0.25, 0.3) is 5.69 Å². The van der Waals surface area contributed by atoms with Gasteiger partial charge in [0.05, 0.1) is 41.9 Å². The third kappa shape index (κ3) is 6.55. The topological polar surface area (TPSA) is 98.1 Å². The highest BCUT2D eigenvalue weighted by atomic mass is 32.2. The summed E-state index contributed by atoms with van der Waals surface area (Å²) in [5.41, 5.74) is -0.983. The number of hydrogen-bond acceptors (Lipinski definition) is 6. The molecule has 39 heavy (non-hydrogen) atoms. The quantitative estimate of drug-likeness (QED) is 0.219. The number of carbonyl (C=O) groups is 2. The summed E-state index contributed by atoms with van der Waals surface area (Å²) in [6.45, 7) is -0.149. The highest BCUT2D eigenvalue weighted by Crippen LogP contribution is 2.35. The number of benzene rings is 3. The van der Waals surface area contributed by atoms with E-state index in [1.54, 1.807) is 28.8 Å². The molecule has 0 bridgehead atoms. The molecule has 2 amide bonds. The van der Waals surface area contributed by atoms with Crippen molar-refractivity contribution in [3.8, 4) is 11.4 Å². The lowest BCUT2D eigenvalue weighted by Gasteiger charge is -2.15. The third-order valence-corrected chi connectivity index (χ3v) is 6.32. The average Bonchev–Trinajstić information content (AvgIpc) is 3.33. The summed E-state index contributed by atoms with van der Waals surface area (Å²) in [4.78, 5) is 25.1. The molecule has 1 aromatic heterocycles. The second kappa shape index (κ2) is 12.0. The minimum atomic E-state index is -4.64. The number of methoxy groups -OCH3 is 1. The molecule has 0 saturated heterocycles. The van der Waals surface area contributed by atoms with Gasteiger partial charge in [0, 0.05) is 0 Å². The van der Waals surface area contributed by atoms with Crippen LogP contribution in [0, 0.1) is 5.82 Å². The molecule has 0 aliphatic heterocycles. The van der Waals surface area contributed by atoms with E-state index < -0.39 is 29.4 Å². The number of rotatable bonds is 9. The smallest absolute Gasteiger partial charge is 0.418 e. The summed E-state index contributed by atoms with van der Waals surface area (Å²) in [6.07, 6.45) is -4.64. The van der Waals surface area contributed by atoms with Gasteiger partial charge in [-0.25, -0.2) is 4.39 Å². The number of nitrogens with one attached hydrogen (secondary N) is 2. The first kappa shape index (κ1) is 27.6. The summed E-state index contributed by atoms with van der Waals surface area (Å²) < 4.78 is 60.8. The normalized spacial score (nSPS) is 11.2. The summed E-state index contributed by atoms with van der Waals surface area (Å²) in [6, 6.07) is 17.0. The maximum Gasteiger partial charge on any atom is 0.418 e. The van der Waals surface area contributed by atoms with E-state index >= 15 is 0 Å². The number of carbonyl (C=O) groups excluding carboxylic acids is 2. The van der Waals surface area contributed by atoms with Crippen molar-refractivity contribution >= 4 is 29.3 Å². The minimum absolute atomic E-state index is 0.147. The van der Waals surface area contributed by atoms with Crippen LogP contribution < -0.4 is 15.4 Å². The second-order valence-corrected chi connectivity index (χ2v) is 8.89. The average molecular weight is 560 g/mol. The van der Waals surface area contributed by atoms with Gasteiger partial charge < -0.3 is 15.4 Å². The summed E-state index contributed by atoms with van der Waals surface area (Å²) >= 11 is 0.923. The summed E-state index contributed by atoms with van der Waals surface area (Å²) in [5.74, 6) is -1.66. The number of ether oxygens (including phenoxy) is 1. The van der Waals surface area contributed by atoms with Gasteiger partial charge in [-0.3, -0.25) is 14.2 Å². The minimum Gasteiger partial charge on any atom is -0.495 e. The number of hydrogen-bond donors (Lipinski definition) is 2. The van der Waals surface area contributed by atoms with Gasteiger partial charge in [-0.2, -0.15) is 13.2 Å². The van der Waals surface area contributed by atoms with E-state index in [9.17, 15) is 27.2 Å². The first-order valence-electron chi connectivity index (χ1n) is 11.4. The number of aromatic nitrogens is 3. The fourth-order valence-corrected chi connectivity index (χ4v) is 4.38. The Morgan fingerprint density at radius 3 is 2.41 bits per heavy atom.